The van der Waals surface area contributed by atoms with Crippen molar-refractivity contribution in [1.82, 2.24) is 15.5 Å². The van der Waals surface area contributed by atoms with Gasteiger partial charge in [-0.2, -0.15) is 0 Å². The maximum atomic E-state index is 11.2. The number of carbonyl (C=O) groups excluding carboxylic acids is 1. The molecule has 6 nitrogen and oxygen atoms in total. The highest BCUT2D eigenvalue weighted by Gasteiger charge is 2.21. The van der Waals surface area contributed by atoms with Crippen molar-refractivity contribution in [3.8, 4) is 0 Å². The Labute approximate surface area is 142 Å². The van der Waals surface area contributed by atoms with Crippen molar-refractivity contribution in [2.24, 2.45) is 10.7 Å². The van der Waals surface area contributed by atoms with E-state index < -0.39 is 0 Å². The van der Waals surface area contributed by atoms with E-state index >= 15 is 0 Å². The van der Waals surface area contributed by atoms with Crippen molar-refractivity contribution in [2.75, 3.05) is 26.2 Å². The fourth-order valence-electron chi connectivity index (χ4n) is 2.65. The topological polar surface area (TPSA) is 82.8 Å². The molecule has 23 heavy (non-hydrogen) atoms. The summed E-state index contributed by atoms with van der Waals surface area (Å²) >= 11 is 1.78. The number of nitrogens with one attached hydrogen (secondary N) is 2. The van der Waals surface area contributed by atoms with Crippen LogP contribution in [0.3, 0.4) is 0 Å². The lowest BCUT2D eigenvalue weighted by Crippen LogP contribution is -2.50. The summed E-state index contributed by atoms with van der Waals surface area (Å²) in [6.45, 7) is 7.27. The van der Waals surface area contributed by atoms with E-state index in [1.165, 1.54) is 4.88 Å². The van der Waals surface area contributed by atoms with Crippen LogP contribution in [0.1, 0.15) is 37.5 Å². The van der Waals surface area contributed by atoms with Crippen LogP contribution in [0.25, 0.3) is 0 Å². The van der Waals surface area contributed by atoms with Gasteiger partial charge < -0.3 is 21.3 Å². The third-order valence-electron chi connectivity index (χ3n) is 4.04. The van der Waals surface area contributed by atoms with Crippen molar-refractivity contribution in [2.45, 2.75) is 38.6 Å². The molecule has 0 saturated carbocycles. The van der Waals surface area contributed by atoms with E-state index in [-0.39, 0.29) is 6.03 Å². The second-order valence-corrected chi connectivity index (χ2v) is 6.86. The molecule has 0 aliphatic carbocycles. The van der Waals surface area contributed by atoms with E-state index in [1.54, 1.807) is 16.2 Å². The summed E-state index contributed by atoms with van der Waals surface area (Å²) in [5, 5.41) is 8.88. The largest absolute Gasteiger partial charge is 0.357 e. The normalized spacial score (nSPS) is 17.8. The number of aliphatic imine (C=N–C) groups is 1. The maximum Gasteiger partial charge on any atom is 0.314 e. The number of urea groups is 1. The van der Waals surface area contributed by atoms with E-state index in [0.29, 0.717) is 25.0 Å². The summed E-state index contributed by atoms with van der Waals surface area (Å²) in [5.74, 6) is 1.27. The minimum absolute atomic E-state index is 0.325. The van der Waals surface area contributed by atoms with Crippen LogP contribution >= 0.6 is 11.3 Å². The Morgan fingerprint density at radius 3 is 2.83 bits per heavy atom. The fraction of sp³-hybridized carbons (Fsp3) is 0.625. The van der Waals surface area contributed by atoms with Gasteiger partial charge in [-0.1, -0.05) is 13.0 Å². The van der Waals surface area contributed by atoms with Gasteiger partial charge in [-0.05, 0) is 31.2 Å². The molecule has 0 radical (unpaired) electrons. The third kappa shape index (κ3) is 5.42. The van der Waals surface area contributed by atoms with Crippen molar-refractivity contribution in [1.29, 1.82) is 0 Å². The van der Waals surface area contributed by atoms with Crippen LogP contribution in [-0.4, -0.2) is 49.1 Å². The number of carbonyl (C=O) groups is 1. The molecule has 7 heteroatoms. The van der Waals surface area contributed by atoms with Crippen LogP contribution in [-0.2, 0) is 0 Å². The van der Waals surface area contributed by atoms with Gasteiger partial charge >= 0.3 is 6.03 Å². The summed E-state index contributed by atoms with van der Waals surface area (Å²) in [6.07, 6.45) is 1.79. The van der Waals surface area contributed by atoms with Crippen LogP contribution in [0.2, 0.25) is 0 Å². The zero-order valence-corrected chi connectivity index (χ0v) is 14.7. The lowest BCUT2D eigenvalue weighted by molar-refractivity contribution is 0.188. The van der Waals surface area contributed by atoms with E-state index in [9.17, 15) is 4.79 Å². The molecule has 1 aliphatic heterocycles. The lowest BCUT2D eigenvalue weighted by Gasteiger charge is -2.32. The Morgan fingerprint density at radius 1 is 1.52 bits per heavy atom. The van der Waals surface area contributed by atoms with Gasteiger partial charge in [0, 0.05) is 36.5 Å². The maximum absolute atomic E-state index is 11.2. The molecule has 0 spiro atoms. The van der Waals surface area contributed by atoms with Gasteiger partial charge in [0.25, 0.3) is 0 Å². The van der Waals surface area contributed by atoms with E-state index in [4.69, 9.17) is 10.7 Å². The monoisotopic (exact) mass is 337 g/mol. The number of primary amides is 1. The van der Waals surface area contributed by atoms with Crippen LogP contribution in [0.4, 0.5) is 4.79 Å². The smallest absolute Gasteiger partial charge is 0.314 e. The fourth-order valence-corrected chi connectivity index (χ4v) is 3.43. The zero-order valence-electron chi connectivity index (χ0n) is 13.9. The lowest BCUT2D eigenvalue weighted by atomic mass is 10.1. The number of hydrogen-bond donors (Lipinski definition) is 3. The molecule has 1 fully saturated rings. The highest BCUT2D eigenvalue weighted by Crippen LogP contribution is 2.20. The molecule has 128 valence electrons. The van der Waals surface area contributed by atoms with Gasteiger partial charge in [0.2, 0.25) is 0 Å². The summed E-state index contributed by atoms with van der Waals surface area (Å²) in [4.78, 5) is 18.9. The van der Waals surface area contributed by atoms with Crippen LogP contribution in [0, 0.1) is 0 Å². The van der Waals surface area contributed by atoms with E-state index in [1.807, 2.05) is 0 Å². The molecule has 1 saturated heterocycles. The Morgan fingerprint density at radius 2 is 2.26 bits per heavy atom. The number of nitrogens with zero attached hydrogens (tertiary/aromatic N) is 2. The molecule has 2 amide bonds. The first kappa shape index (κ1) is 17.6. The quantitative estimate of drug-likeness (QED) is 0.567. The summed E-state index contributed by atoms with van der Waals surface area (Å²) < 4.78 is 0. The average molecular weight is 337 g/mol. The summed E-state index contributed by atoms with van der Waals surface area (Å²) in [6, 6.07) is 4.25. The Balaban J connectivity index is 1.86. The minimum atomic E-state index is -0.325. The van der Waals surface area contributed by atoms with Crippen LogP contribution in [0.15, 0.2) is 22.5 Å². The van der Waals surface area contributed by atoms with E-state index in [0.717, 1.165) is 31.9 Å². The number of nitrogens with two attached hydrogens (primary N) is 1. The second kappa shape index (κ2) is 8.76. The van der Waals surface area contributed by atoms with Crippen molar-refractivity contribution >= 4 is 23.3 Å². The first-order valence-electron chi connectivity index (χ1n) is 8.22. The zero-order chi connectivity index (χ0) is 16.7. The molecule has 1 unspecified atom stereocenters. The standard InChI is InChI=1S/C16H27N5OS/c1-3-18-16(19-11-12(2)14-5-4-10-23-14)20-13-6-8-21(9-7-13)15(17)22/h4-5,10,12-13H,3,6-9,11H2,1-2H3,(H2,17,22)(H2,18,19,20). The highest BCUT2D eigenvalue weighted by atomic mass is 32.1. The molecule has 4 N–H and O–H groups in total. The first-order chi connectivity index (χ1) is 11.1. The molecule has 1 aliphatic rings. The molecule has 2 heterocycles. The Bertz CT molecular complexity index is 509. The van der Waals surface area contributed by atoms with Crippen molar-refractivity contribution in [3.05, 3.63) is 22.4 Å². The minimum Gasteiger partial charge on any atom is -0.357 e. The molecular weight excluding hydrogens is 310 g/mol. The molecule has 2 rings (SSSR count). The highest BCUT2D eigenvalue weighted by molar-refractivity contribution is 7.10. The third-order valence-corrected chi connectivity index (χ3v) is 5.15. The molecule has 1 aromatic heterocycles. The molecule has 1 atom stereocenters. The van der Waals surface area contributed by atoms with Gasteiger partial charge in [0.1, 0.15) is 0 Å². The number of amides is 2. The molecule has 1 aromatic rings. The van der Waals surface area contributed by atoms with E-state index in [2.05, 4.69) is 42.0 Å². The Hall–Kier alpha value is -1.76. The predicted molar refractivity (Wildman–Crippen MR) is 96.0 cm³/mol. The SMILES string of the molecule is CCNC(=NCC(C)c1cccs1)NC1CCN(C(N)=O)CC1. The van der Waals surface area contributed by atoms with Gasteiger partial charge in [-0.15, -0.1) is 11.3 Å². The molecular formula is C16H27N5OS. The number of piperidine rings is 1. The summed E-state index contributed by atoms with van der Waals surface area (Å²) in [5.41, 5.74) is 5.32. The van der Waals surface area contributed by atoms with Crippen LogP contribution in [0.5, 0.6) is 0 Å². The average Bonchev–Trinajstić information content (AvgIpc) is 3.07. The predicted octanol–water partition coefficient (Wildman–Crippen LogP) is 1.95. The number of hydrogen-bond acceptors (Lipinski definition) is 3. The van der Waals surface area contributed by atoms with Gasteiger partial charge in [-0.25, -0.2) is 4.79 Å². The Kier molecular flexibility index (Phi) is 6.70. The van der Waals surface area contributed by atoms with Crippen molar-refractivity contribution in [3.63, 3.8) is 0 Å². The van der Waals surface area contributed by atoms with Crippen molar-refractivity contribution < 1.29 is 4.79 Å². The number of rotatable bonds is 5. The summed E-state index contributed by atoms with van der Waals surface area (Å²) in [7, 11) is 0. The van der Waals surface area contributed by atoms with Gasteiger partial charge in [-0.3, -0.25) is 4.99 Å². The van der Waals surface area contributed by atoms with Crippen LogP contribution < -0.4 is 16.4 Å². The first-order valence-corrected chi connectivity index (χ1v) is 9.10. The number of likely N-dealkylation sites (tertiary alicyclic amines) is 1. The second-order valence-electron chi connectivity index (χ2n) is 5.88. The van der Waals surface area contributed by atoms with Gasteiger partial charge in [0.15, 0.2) is 5.96 Å². The molecule has 0 bridgehead atoms. The number of thiophene rings is 1. The van der Waals surface area contributed by atoms with Gasteiger partial charge in [0.05, 0.1) is 6.54 Å². The molecule has 0 aromatic carbocycles. The number of guanidine groups is 1.